The molecule has 0 aliphatic rings. The van der Waals surface area contributed by atoms with E-state index in [2.05, 4.69) is 31.5 Å². The van der Waals surface area contributed by atoms with Gasteiger partial charge in [0.25, 0.3) is 0 Å². The summed E-state index contributed by atoms with van der Waals surface area (Å²) >= 11 is 3.36. The zero-order valence-electron chi connectivity index (χ0n) is 8.70. The molecule has 0 fully saturated rings. The number of imidazole rings is 1. The van der Waals surface area contributed by atoms with E-state index in [9.17, 15) is 4.79 Å². The number of aromatic nitrogens is 2. The van der Waals surface area contributed by atoms with Crippen molar-refractivity contribution in [2.24, 2.45) is 0 Å². The van der Waals surface area contributed by atoms with Gasteiger partial charge < -0.3 is 9.72 Å². The lowest BCUT2D eigenvalue weighted by Crippen LogP contribution is -2.28. The number of hydrogen-bond donors (Lipinski definition) is 2. The predicted octanol–water partition coefficient (Wildman–Crippen LogP) is 2.24. The van der Waals surface area contributed by atoms with Crippen LogP contribution in [0.4, 0.5) is 10.6 Å². The third kappa shape index (κ3) is 2.33. The van der Waals surface area contributed by atoms with Crippen molar-refractivity contribution >= 4 is 33.4 Å². The first-order valence-corrected chi connectivity index (χ1v) is 5.67. The number of fused-ring (bicyclic) bond motifs is 1. The molecule has 16 heavy (non-hydrogen) atoms. The first kappa shape index (κ1) is 10.9. The average molecular weight is 283 g/mol. The number of nitrogens with zero attached hydrogens (tertiary/aromatic N) is 2. The van der Waals surface area contributed by atoms with E-state index in [1.807, 2.05) is 29.7 Å². The molecule has 0 unspecified atom stereocenters. The number of carbonyl (C=O) groups is 1. The van der Waals surface area contributed by atoms with Crippen LogP contribution in [0.1, 0.15) is 6.92 Å². The van der Waals surface area contributed by atoms with Crippen LogP contribution in [0.3, 0.4) is 0 Å². The molecule has 2 rings (SSSR count). The second-order valence-corrected chi connectivity index (χ2v) is 4.14. The molecular weight excluding hydrogens is 272 g/mol. The highest BCUT2D eigenvalue weighted by Gasteiger charge is 2.04. The van der Waals surface area contributed by atoms with Crippen molar-refractivity contribution in [3.05, 3.63) is 29.0 Å². The molecule has 5 nitrogen and oxygen atoms in total. The van der Waals surface area contributed by atoms with Crippen LogP contribution in [0, 0.1) is 0 Å². The SMILES string of the molecule is CCNC(=O)Nc1cn2ccc(Br)cc2n1. The summed E-state index contributed by atoms with van der Waals surface area (Å²) < 4.78 is 2.79. The quantitative estimate of drug-likeness (QED) is 0.888. The summed E-state index contributed by atoms with van der Waals surface area (Å²) in [6, 6.07) is 3.54. The Labute approximate surface area is 101 Å². The number of carbonyl (C=O) groups excluding carboxylic acids is 1. The first-order chi connectivity index (χ1) is 7.69. The molecule has 6 heteroatoms. The normalized spacial score (nSPS) is 10.4. The van der Waals surface area contributed by atoms with Crippen LogP contribution < -0.4 is 10.6 Å². The van der Waals surface area contributed by atoms with Crippen LogP contribution in [0.5, 0.6) is 0 Å². The molecular formula is C10H11BrN4O. The van der Waals surface area contributed by atoms with Crippen LogP contribution in [-0.4, -0.2) is 22.0 Å². The molecule has 0 saturated carbocycles. The molecule has 0 radical (unpaired) electrons. The number of amides is 2. The second kappa shape index (κ2) is 4.52. The van der Waals surface area contributed by atoms with Crippen molar-refractivity contribution in [3.63, 3.8) is 0 Å². The van der Waals surface area contributed by atoms with Crippen molar-refractivity contribution in [2.45, 2.75) is 6.92 Å². The van der Waals surface area contributed by atoms with E-state index in [1.165, 1.54) is 0 Å². The maximum Gasteiger partial charge on any atom is 0.320 e. The van der Waals surface area contributed by atoms with Crippen LogP contribution >= 0.6 is 15.9 Å². The fraction of sp³-hybridized carbons (Fsp3) is 0.200. The topological polar surface area (TPSA) is 58.4 Å². The Morgan fingerprint density at radius 1 is 1.62 bits per heavy atom. The molecule has 0 aliphatic heterocycles. The molecule has 2 heterocycles. The summed E-state index contributed by atoms with van der Waals surface area (Å²) in [6.45, 7) is 2.45. The minimum Gasteiger partial charge on any atom is -0.338 e. The van der Waals surface area contributed by atoms with Gasteiger partial charge in [-0.25, -0.2) is 9.78 Å². The van der Waals surface area contributed by atoms with Crippen molar-refractivity contribution in [3.8, 4) is 0 Å². The van der Waals surface area contributed by atoms with E-state index in [0.29, 0.717) is 12.4 Å². The first-order valence-electron chi connectivity index (χ1n) is 4.88. The molecule has 0 saturated heterocycles. The van der Waals surface area contributed by atoms with E-state index in [4.69, 9.17) is 0 Å². The van der Waals surface area contributed by atoms with Gasteiger partial charge in [0.15, 0.2) is 5.82 Å². The molecule has 2 N–H and O–H groups in total. The summed E-state index contributed by atoms with van der Waals surface area (Å²) in [4.78, 5) is 15.5. The zero-order chi connectivity index (χ0) is 11.5. The van der Waals surface area contributed by atoms with Crippen molar-refractivity contribution in [2.75, 3.05) is 11.9 Å². The molecule has 0 atom stereocenters. The summed E-state index contributed by atoms with van der Waals surface area (Å²) in [5.74, 6) is 0.532. The van der Waals surface area contributed by atoms with Gasteiger partial charge in [0.1, 0.15) is 5.65 Å². The Balaban J connectivity index is 2.23. The molecule has 2 amide bonds. The second-order valence-electron chi connectivity index (χ2n) is 3.22. The summed E-state index contributed by atoms with van der Waals surface area (Å²) in [5, 5.41) is 5.30. The fourth-order valence-electron chi connectivity index (χ4n) is 1.34. The molecule has 2 aromatic heterocycles. The van der Waals surface area contributed by atoms with Gasteiger partial charge in [-0.2, -0.15) is 0 Å². The predicted molar refractivity (Wildman–Crippen MR) is 65.6 cm³/mol. The summed E-state index contributed by atoms with van der Waals surface area (Å²) in [5.41, 5.74) is 0.779. The third-order valence-corrected chi connectivity index (χ3v) is 2.49. The smallest absolute Gasteiger partial charge is 0.320 e. The lowest BCUT2D eigenvalue weighted by atomic mass is 10.5. The highest BCUT2D eigenvalue weighted by Crippen LogP contribution is 2.15. The number of nitrogens with one attached hydrogen (secondary N) is 2. The van der Waals surface area contributed by atoms with E-state index in [-0.39, 0.29) is 6.03 Å². The minimum absolute atomic E-state index is 0.245. The minimum atomic E-state index is -0.245. The summed E-state index contributed by atoms with van der Waals surface area (Å²) in [6.07, 6.45) is 3.63. The fourth-order valence-corrected chi connectivity index (χ4v) is 1.66. The summed E-state index contributed by atoms with van der Waals surface area (Å²) in [7, 11) is 0. The van der Waals surface area contributed by atoms with E-state index in [0.717, 1.165) is 10.1 Å². The Morgan fingerprint density at radius 2 is 2.44 bits per heavy atom. The van der Waals surface area contributed by atoms with Crippen LogP contribution in [-0.2, 0) is 0 Å². The number of hydrogen-bond acceptors (Lipinski definition) is 2. The molecule has 0 aliphatic carbocycles. The maximum absolute atomic E-state index is 11.3. The Bertz CT molecular complexity index is 523. The Hall–Kier alpha value is -1.56. The standard InChI is InChI=1S/C10H11BrN4O/c1-2-12-10(16)14-8-6-15-4-3-7(11)5-9(15)13-8/h3-6H,2H2,1H3,(H2,12,14,16). The highest BCUT2D eigenvalue weighted by molar-refractivity contribution is 9.10. The van der Waals surface area contributed by atoms with Gasteiger partial charge >= 0.3 is 6.03 Å². The largest absolute Gasteiger partial charge is 0.338 e. The Morgan fingerprint density at radius 3 is 3.19 bits per heavy atom. The van der Waals surface area contributed by atoms with E-state index >= 15 is 0 Å². The monoisotopic (exact) mass is 282 g/mol. The van der Waals surface area contributed by atoms with Crippen LogP contribution in [0.25, 0.3) is 5.65 Å². The molecule has 84 valence electrons. The lowest BCUT2D eigenvalue weighted by molar-refractivity contribution is 0.252. The van der Waals surface area contributed by atoms with Crippen molar-refractivity contribution < 1.29 is 4.79 Å². The van der Waals surface area contributed by atoms with E-state index in [1.54, 1.807) is 6.20 Å². The van der Waals surface area contributed by atoms with Crippen LogP contribution in [0.2, 0.25) is 0 Å². The van der Waals surface area contributed by atoms with Gasteiger partial charge in [-0.05, 0) is 19.1 Å². The number of anilines is 1. The number of rotatable bonds is 2. The molecule has 0 bridgehead atoms. The number of urea groups is 1. The number of halogens is 1. The molecule has 0 spiro atoms. The van der Waals surface area contributed by atoms with Gasteiger partial charge in [0, 0.05) is 17.2 Å². The third-order valence-electron chi connectivity index (χ3n) is 2.00. The van der Waals surface area contributed by atoms with Gasteiger partial charge in [-0.1, -0.05) is 15.9 Å². The average Bonchev–Trinajstić information content (AvgIpc) is 2.59. The highest BCUT2D eigenvalue weighted by atomic mass is 79.9. The molecule has 2 aromatic rings. The van der Waals surface area contributed by atoms with Gasteiger partial charge in [0.05, 0.1) is 6.20 Å². The Kier molecular flexibility index (Phi) is 3.09. The maximum atomic E-state index is 11.3. The zero-order valence-corrected chi connectivity index (χ0v) is 10.3. The molecule has 0 aromatic carbocycles. The van der Waals surface area contributed by atoms with Crippen molar-refractivity contribution in [1.29, 1.82) is 0 Å². The van der Waals surface area contributed by atoms with Gasteiger partial charge in [0.2, 0.25) is 0 Å². The van der Waals surface area contributed by atoms with Gasteiger partial charge in [-0.3, -0.25) is 5.32 Å². The van der Waals surface area contributed by atoms with Crippen molar-refractivity contribution in [1.82, 2.24) is 14.7 Å². The van der Waals surface area contributed by atoms with E-state index < -0.39 is 0 Å². The van der Waals surface area contributed by atoms with Gasteiger partial charge in [-0.15, -0.1) is 0 Å². The number of pyridine rings is 1. The lowest BCUT2D eigenvalue weighted by Gasteiger charge is -2.00. The van der Waals surface area contributed by atoms with Crippen LogP contribution in [0.15, 0.2) is 29.0 Å².